The van der Waals surface area contributed by atoms with Crippen molar-refractivity contribution in [2.45, 2.75) is 26.8 Å². The maximum absolute atomic E-state index is 5.19. The summed E-state index contributed by atoms with van der Waals surface area (Å²) in [4.78, 5) is 4.42. The summed E-state index contributed by atoms with van der Waals surface area (Å²) < 4.78 is 0. The lowest BCUT2D eigenvalue weighted by atomic mass is 10.1. The maximum atomic E-state index is 5.19. The molecule has 1 aromatic rings. The zero-order valence-electron chi connectivity index (χ0n) is 7.50. The molecule has 0 aliphatic heterocycles. The lowest BCUT2D eigenvalue weighted by molar-refractivity contribution is 0.634. The van der Waals surface area contributed by atoms with Crippen molar-refractivity contribution >= 4 is 11.3 Å². The van der Waals surface area contributed by atoms with Crippen LogP contribution in [0.1, 0.15) is 24.5 Å². The van der Waals surface area contributed by atoms with Gasteiger partial charge in [-0.3, -0.25) is 11.3 Å². The van der Waals surface area contributed by atoms with E-state index >= 15 is 0 Å². The number of nitrogens with two attached hydrogens (primary N) is 1. The van der Waals surface area contributed by atoms with E-state index in [1.165, 1.54) is 5.69 Å². The summed E-state index contributed by atoms with van der Waals surface area (Å²) in [5.74, 6) is 5.86. The molecule has 1 rings (SSSR count). The monoisotopic (exact) mass is 185 g/mol. The van der Waals surface area contributed by atoms with Gasteiger partial charge in [0.1, 0.15) is 5.01 Å². The number of aromatic nitrogens is 1. The van der Waals surface area contributed by atoms with Gasteiger partial charge in [-0.05, 0) is 12.3 Å². The molecular formula is C8H15N3S. The first-order valence-corrected chi connectivity index (χ1v) is 4.97. The average Bonchev–Trinajstić information content (AvgIpc) is 2.36. The standard InChI is InChI=1S/C8H15N3S/c1-6(2)3-7-5-12-8(11-7)4-10-9/h5-6,10H,3-4,9H2,1-2H3. The molecule has 0 aliphatic carbocycles. The molecule has 0 unspecified atom stereocenters. The zero-order chi connectivity index (χ0) is 8.97. The third kappa shape index (κ3) is 2.89. The Morgan fingerprint density at radius 1 is 1.67 bits per heavy atom. The number of hydrazine groups is 1. The number of rotatable bonds is 4. The summed E-state index contributed by atoms with van der Waals surface area (Å²) in [7, 11) is 0. The second-order valence-corrected chi connectivity index (χ2v) is 4.15. The molecule has 1 aromatic heterocycles. The molecule has 3 N–H and O–H groups in total. The highest BCUT2D eigenvalue weighted by Gasteiger charge is 2.02. The van der Waals surface area contributed by atoms with Crippen LogP contribution in [0.15, 0.2) is 5.38 Å². The molecule has 0 radical (unpaired) electrons. The van der Waals surface area contributed by atoms with E-state index < -0.39 is 0 Å². The summed E-state index contributed by atoms with van der Waals surface area (Å²) >= 11 is 1.66. The van der Waals surface area contributed by atoms with E-state index in [-0.39, 0.29) is 0 Å². The highest BCUT2D eigenvalue weighted by molar-refractivity contribution is 7.09. The molecule has 1 heterocycles. The van der Waals surface area contributed by atoms with Gasteiger partial charge in [0.25, 0.3) is 0 Å². The van der Waals surface area contributed by atoms with Gasteiger partial charge in [-0.2, -0.15) is 0 Å². The van der Waals surface area contributed by atoms with E-state index in [0.717, 1.165) is 11.4 Å². The number of nitrogens with one attached hydrogen (secondary N) is 1. The van der Waals surface area contributed by atoms with Crippen LogP contribution in [0.25, 0.3) is 0 Å². The SMILES string of the molecule is CC(C)Cc1csc(CNN)n1. The van der Waals surface area contributed by atoms with Crippen LogP contribution in [-0.4, -0.2) is 4.98 Å². The molecule has 0 bridgehead atoms. The molecular weight excluding hydrogens is 170 g/mol. The first-order chi connectivity index (χ1) is 5.72. The van der Waals surface area contributed by atoms with Gasteiger partial charge in [-0.15, -0.1) is 11.3 Å². The smallest absolute Gasteiger partial charge is 0.108 e. The lowest BCUT2D eigenvalue weighted by Gasteiger charge is -1.98. The van der Waals surface area contributed by atoms with Gasteiger partial charge < -0.3 is 0 Å². The van der Waals surface area contributed by atoms with Gasteiger partial charge in [-0.1, -0.05) is 13.8 Å². The van der Waals surface area contributed by atoms with Gasteiger partial charge >= 0.3 is 0 Å². The first-order valence-electron chi connectivity index (χ1n) is 4.09. The van der Waals surface area contributed by atoms with E-state index in [1.54, 1.807) is 11.3 Å². The molecule has 0 amide bonds. The minimum Gasteiger partial charge on any atom is -0.271 e. The molecule has 4 heteroatoms. The molecule has 12 heavy (non-hydrogen) atoms. The van der Waals surface area contributed by atoms with E-state index in [4.69, 9.17) is 5.84 Å². The number of hydrogen-bond acceptors (Lipinski definition) is 4. The van der Waals surface area contributed by atoms with Gasteiger partial charge in [0, 0.05) is 5.38 Å². The number of thiazole rings is 1. The predicted octanol–water partition coefficient (Wildman–Crippen LogP) is 1.30. The van der Waals surface area contributed by atoms with Crippen LogP contribution in [0.3, 0.4) is 0 Å². The minimum absolute atomic E-state index is 0.669. The summed E-state index contributed by atoms with van der Waals surface area (Å²) in [6.45, 7) is 5.06. The van der Waals surface area contributed by atoms with E-state index in [1.807, 2.05) is 0 Å². The van der Waals surface area contributed by atoms with Crippen molar-refractivity contribution in [3.63, 3.8) is 0 Å². The van der Waals surface area contributed by atoms with Gasteiger partial charge in [0.2, 0.25) is 0 Å². The molecule has 0 saturated heterocycles. The largest absolute Gasteiger partial charge is 0.271 e. The molecule has 3 nitrogen and oxygen atoms in total. The second kappa shape index (κ2) is 4.54. The van der Waals surface area contributed by atoms with Crippen LogP contribution >= 0.6 is 11.3 Å². The maximum Gasteiger partial charge on any atom is 0.108 e. The summed E-state index contributed by atoms with van der Waals surface area (Å²) in [6, 6.07) is 0. The highest BCUT2D eigenvalue weighted by Crippen LogP contribution is 2.12. The Morgan fingerprint density at radius 2 is 2.42 bits per heavy atom. The van der Waals surface area contributed by atoms with Crippen molar-refractivity contribution in [1.29, 1.82) is 0 Å². The van der Waals surface area contributed by atoms with Crippen molar-refractivity contribution < 1.29 is 0 Å². The first kappa shape index (κ1) is 9.64. The lowest BCUT2D eigenvalue weighted by Crippen LogP contribution is -2.20. The van der Waals surface area contributed by atoms with Crippen LogP contribution in [0, 0.1) is 5.92 Å². The van der Waals surface area contributed by atoms with Gasteiger partial charge in [0.15, 0.2) is 0 Å². The summed E-state index contributed by atoms with van der Waals surface area (Å²) in [6.07, 6.45) is 1.06. The Labute approximate surface area is 77.0 Å². The normalized spacial score (nSPS) is 11.0. The number of nitrogens with zero attached hydrogens (tertiary/aromatic N) is 1. The average molecular weight is 185 g/mol. The Bertz CT molecular complexity index is 232. The van der Waals surface area contributed by atoms with Crippen molar-refractivity contribution in [1.82, 2.24) is 10.4 Å². The zero-order valence-corrected chi connectivity index (χ0v) is 8.32. The Morgan fingerprint density at radius 3 is 3.00 bits per heavy atom. The fourth-order valence-electron chi connectivity index (χ4n) is 1.03. The minimum atomic E-state index is 0.669. The molecule has 0 spiro atoms. The summed E-state index contributed by atoms with van der Waals surface area (Å²) in [5, 5.41) is 3.17. The van der Waals surface area contributed by atoms with Crippen LogP contribution in [0.5, 0.6) is 0 Å². The topological polar surface area (TPSA) is 50.9 Å². The van der Waals surface area contributed by atoms with Crippen molar-refractivity contribution in [2.24, 2.45) is 11.8 Å². The molecule has 0 atom stereocenters. The molecule has 0 aliphatic rings. The Balaban J connectivity index is 2.52. The Kier molecular flexibility index (Phi) is 3.65. The van der Waals surface area contributed by atoms with Crippen LogP contribution in [-0.2, 0) is 13.0 Å². The Hall–Kier alpha value is -0.450. The van der Waals surface area contributed by atoms with E-state index in [9.17, 15) is 0 Å². The fourth-order valence-corrected chi connectivity index (χ4v) is 1.79. The molecule has 0 aromatic carbocycles. The van der Waals surface area contributed by atoms with Crippen molar-refractivity contribution in [3.05, 3.63) is 16.1 Å². The van der Waals surface area contributed by atoms with Crippen LogP contribution in [0.4, 0.5) is 0 Å². The van der Waals surface area contributed by atoms with E-state index in [0.29, 0.717) is 12.5 Å². The molecule has 68 valence electrons. The van der Waals surface area contributed by atoms with Crippen LogP contribution in [0.2, 0.25) is 0 Å². The van der Waals surface area contributed by atoms with Crippen molar-refractivity contribution in [2.75, 3.05) is 0 Å². The number of hydrogen-bond donors (Lipinski definition) is 2. The van der Waals surface area contributed by atoms with Crippen LogP contribution < -0.4 is 11.3 Å². The predicted molar refractivity (Wildman–Crippen MR) is 51.7 cm³/mol. The van der Waals surface area contributed by atoms with E-state index in [2.05, 4.69) is 29.6 Å². The van der Waals surface area contributed by atoms with Gasteiger partial charge in [-0.25, -0.2) is 4.98 Å². The fraction of sp³-hybridized carbons (Fsp3) is 0.625. The van der Waals surface area contributed by atoms with Gasteiger partial charge in [0.05, 0.1) is 12.2 Å². The quantitative estimate of drug-likeness (QED) is 0.549. The molecule has 0 saturated carbocycles. The second-order valence-electron chi connectivity index (χ2n) is 3.21. The third-order valence-electron chi connectivity index (χ3n) is 1.47. The molecule has 0 fully saturated rings. The summed E-state index contributed by atoms with van der Waals surface area (Å²) in [5.41, 5.74) is 3.78. The van der Waals surface area contributed by atoms with Crippen molar-refractivity contribution in [3.8, 4) is 0 Å². The highest BCUT2D eigenvalue weighted by atomic mass is 32.1. The third-order valence-corrected chi connectivity index (χ3v) is 2.37.